The zero-order valence-corrected chi connectivity index (χ0v) is 21.9. The molecule has 0 aromatic heterocycles. The third-order valence-electron chi connectivity index (χ3n) is 6.49. The quantitative estimate of drug-likeness (QED) is 0.495. The second-order valence-electron chi connectivity index (χ2n) is 9.26. The van der Waals surface area contributed by atoms with Gasteiger partial charge in [-0.2, -0.15) is 12.7 Å². The molecule has 1 aliphatic rings. The van der Waals surface area contributed by atoms with E-state index in [1.807, 2.05) is 30.3 Å². The smallest absolute Gasteiger partial charge is 0.304 e. The average Bonchev–Trinajstić information content (AvgIpc) is 3.36. The molecule has 0 radical (unpaired) electrons. The predicted octanol–water partition coefficient (Wildman–Crippen LogP) is 2.96. The average molecular weight is 519 g/mol. The monoisotopic (exact) mass is 518 g/mol. The molecule has 1 N–H and O–H groups in total. The van der Waals surface area contributed by atoms with E-state index in [0.29, 0.717) is 6.42 Å². The largest absolute Gasteiger partial charge is 0.352 e. The van der Waals surface area contributed by atoms with Gasteiger partial charge < -0.3 is 10.2 Å². The van der Waals surface area contributed by atoms with Crippen LogP contribution >= 0.6 is 0 Å². The molecule has 2 aromatic rings. The molecule has 0 saturated heterocycles. The number of anilines is 1. The maximum Gasteiger partial charge on any atom is 0.304 e. The summed E-state index contributed by atoms with van der Waals surface area (Å²) in [6.45, 7) is 1.37. The van der Waals surface area contributed by atoms with Crippen LogP contribution in [0.5, 0.6) is 0 Å². The van der Waals surface area contributed by atoms with Crippen molar-refractivity contribution in [3.63, 3.8) is 0 Å². The van der Waals surface area contributed by atoms with Crippen LogP contribution in [0.4, 0.5) is 10.1 Å². The fourth-order valence-corrected chi connectivity index (χ4v) is 5.34. The van der Waals surface area contributed by atoms with E-state index in [9.17, 15) is 22.4 Å². The van der Waals surface area contributed by atoms with E-state index in [4.69, 9.17) is 0 Å². The van der Waals surface area contributed by atoms with Gasteiger partial charge in [0.05, 0.1) is 5.69 Å². The molecule has 2 amide bonds. The number of nitrogens with zero attached hydrogens (tertiary/aromatic N) is 3. The summed E-state index contributed by atoms with van der Waals surface area (Å²) in [7, 11) is -1.34. The number of amides is 2. The Balaban J connectivity index is 1.86. The molecular formula is C26H35FN4O4S. The Morgan fingerprint density at radius 1 is 1.03 bits per heavy atom. The number of hydrogen-bond donors (Lipinski definition) is 1. The standard InChI is InChI=1S/C26H35FN4O4S/c1-20(26(33)28-23-11-7-8-12-23)30(18-17-21-9-5-4-6-10-21)25(32)19-31(36(34,35)29(2)3)24-15-13-22(27)14-16-24/h4-6,9-10,13-16,20,23H,7-8,11-12,17-19H2,1-3H3,(H,28,33). The number of rotatable bonds is 11. The van der Waals surface area contributed by atoms with Crippen LogP contribution in [0.2, 0.25) is 0 Å². The van der Waals surface area contributed by atoms with E-state index in [1.54, 1.807) is 6.92 Å². The summed E-state index contributed by atoms with van der Waals surface area (Å²) in [4.78, 5) is 28.1. The summed E-state index contributed by atoms with van der Waals surface area (Å²) in [5.41, 5.74) is 1.15. The molecule has 36 heavy (non-hydrogen) atoms. The molecule has 10 heteroatoms. The van der Waals surface area contributed by atoms with Gasteiger partial charge in [0, 0.05) is 26.7 Å². The zero-order valence-electron chi connectivity index (χ0n) is 21.1. The van der Waals surface area contributed by atoms with E-state index in [1.165, 1.54) is 31.1 Å². The lowest BCUT2D eigenvalue weighted by Gasteiger charge is -2.33. The van der Waals surface area contributed by atoms with Gasteiger partial charge in [-0.05, 0) is 56.0 Å². The lowest BCUT2D eigenvalue weighted by molar-refractivity contribution is -0.139. The SMILES string of the molecule is CC(C(=O)NC1CCCC1)N(CCc1ccccc1)C(=O)CN(c1ccc(F)cc1)S(=O)(=O)N(C)C. The van der Waals surface area contributed by atoms with Crippen molar-refractivity contribution in [1.29, 1.82) is 0 Å². The van der Waals surface area contributed by atoms with Crippen LogP contribution in [0.1, 0.15) is 38.2 Å². The first-order valence-electron chi connectivity index (χ1n) is 12.2. The number of hydrogen-bond acceptors (Lipinski definition) is 4. The van der Waals surface area contributed by atoms with Crippen LogP contribution in [0.15, 0.2) is 54.6 Å². The Hall–Kier alpha value is -2.98. The molecule has 0 aliphatic heterocycles. The van der Waals surface area contributed by atoms with E-state index < -0.39 is 34.5 Å². The Bertz CT molecular complexity index is 1120. The normalized spacial score (nSPS) is 15.0. The highest BCUT2D eigenvalue weighted by molar-refractivity contribution is 7.90. The lowest BCUT2D eigenvalue weighted by Crippen LogP contribution is -2.54. The number of nitrogens with one attached hydrogen (secondary N) is 1. The van der Waals surface area contributed by atoms with Crippen LogP contribution in [-0.2, 0) is 26.2 Å². The van der Waals surface area contributed by atoms with Gasteiger partial charge >= 0.3 is 10.2 Å². The molecular weight excluding hydrogens is 483 g/mol. The van der Waals surface area contributed by atoms with Gasteiger partial charge in [-0.25, -0.2) is 8.70 Å². The van der Waals surface area contributed by atoms with Crippen molar-refractivity contribution in [2.45, 2.75) is 51.1 Å². The maximum absolute atomic E-state index is 13.6. The third kappa shape index (κ3) is 7.04. The van der Waals surface area contributed by atoms with Crippen LogP contribution in [0.25, 0.3) is 0 Å². The maximum atomic E-state index is 13.6. The molecule has 1 fully saturated rings. The molecule has 8 nitrogen and oxygen atoms in total. The summed E-state index contributed by atoms with van der Waals surface area (Å²) in [6, 6.07) is 13.8. The van der Waals surface area contributed by atoms with Crippen molar-refractivity contribution in [2.24, 2.45) is 0 Å². The van der Waals surface area contributed by atoms with Gasteiger partial charge in [0.15, 0.2) is 0 Å². The first-order valence-corrected chi connectivity index (χ1v) is 13.6. The summed E-state index contributed by atoms with van der Waals surface area (Å²) >= 11 is 0. The highest BCUT2D eigenvalue weighted by Crippen LogP contribution is 2.21. The van der Waals surface area contributed by atoms with Gasteiger partial charge in [-0.1, -0.05) is 43.2 Å². The number of benzene rings is 2. The zero-order chi connectivity index (χ0) is 26.3. The predicted molar refractivity (Wildman–Crippen MR) is 138 cm³/mol. The van der Waals surface area contributed by atoms with Crippen molar-refractivity contribution in [2.75, 3.05) is 31.5 Å². The van der Waals surface area contributed by atoms with Gasteiger partial charge in [-0.3, -0.25) is 9.59 Å². The summed E-state index contributed by atoms with van der Waals surface area (Å²) in [6.07, 6.45) is 4.45. The van der Waals surface area contributed by atoms with E-state index in [0.717, 1.165) is 52.0 Å². The van der Waals surface area contributed by atoms with Crippen molar-refractivity contribution in [1.82, 2.24) is 14.5 Å². The molecule has 1 unspecified atom stereocenters. The molecule has 0 spiro atoms. The van der Waals surface area contributed by atoms with Gasteiger partial charge in [0.25, 0.3) is 0 Å². The molecule has 2 aromatic carbocycles. The number of carbonyl (C=O) groups is 2. The van der Waals surface area contributed by atoms with Crippen molar-refractivity contribution in [3.05, 3.63) is 66.0 Å². The first-order chi connectivity index (χ1) is 17.1. The minimum Gasteiger partial charge on any atom is -0.352 e. The van der Waals surface area contributed by atoms with Crippen molar-refractivity contribution in [3.8, 4) is 0 Å². The Morgan fingerprint density at radius 3 is 2.22 bits per heavy atom. The lowest BCUT2D eigenvalue weighted by atomic mass is 10.1. The van der Waals surface area contributed by atoms with Crippen LogP contribution in [0, 0.1) is 5.82 Å². The van der Waals surface area contributed by atoms with Gasteiger partial charge in [0.2, 0.25) is 11.8 Å². The third-order valence-corrected chi connectivity index (χ3v) is 8.31. The van der Waals surface area contributed by atoms with Crippen molar-refractivity contribution >= 4 is 27.7 Å². The minimum absolute atomic E-state index is 0.0934. The molecule has 0 heterocycles. The second-order valence-corrected chi connectivity index (χ2v) is 11.3. The van der Waals surface area contributed by atoms with Gasteiger partial charge in [0.1, 0.15) is 18.4 Å². The molecule has 196 valence electrons. The number of carbonyl (C=O) groups excluding carboxylic acids is 2. The molecule has 0 bridgehead atoms. The summed E-state index contributed by atoms with van der Waals surface area (Å²) < 4.78 is 41.6. The molecule has 1 atom stereocenters. The van der Waals surface area contributed by atoms with E-state index >= 15 is 0 Å². The molecule has 1 aliphatic carbocycles. The van der Waals surface area contributed by atoms with Crippen LogP contribution < -0.4 is 9.62 Å². The highest BCUT2D eigenvalue weighted by Gasteiger charge is 2.33. The topological polar surface area (TPSA) is 90.0 Å². The van der Waals surface area contributed by atoms with Gasteiger partial charge in [-0.15, -0.1) is 0 Å². The fraction of sp³-hybridized carbons (Fsp3) is 0.462. The Labute approximate surface area is 213 Å². The molecule has 1 saturated carbocycles. The molecule has 3 rings (SSSR count). The van der Waals surface area contributed by atoms with Crippen molar-refractivity contribution < 1.29 is 22.4 Å². The number of halogens is 1. The Kier molecular flexibility index (Phi) is 9.44. The fourth-order valence-electron chi connectivity index (χ4n) is 4.29. The summed E-state index contributed by atoms with van der Waals surface area (Å²) in [5.74, 6) is -1.30. The van der Waals surface area contributed by atoms with E-state index in [-0.39, 0.29) is 24.2 Å². The van der Waals surface area contributed by atoms with Crippen LogP contribution in [-0.4, -0.2) is 68.7 Å². The highest BCUT2D eigenvalue weighted by atomic mass is 32.2. The first kappa shape index (κ1) is 27.6. The van der Waals surface area contributed by atoms with E-state index in [2.05, 4.69) is 5.32 Å². The minimum atomic E-state index is -4.07. The van der Waals surface area contributed by atoms with Crippen LogP contribution in [0.3, 0.4) is 0 Å². The Morgan fingerprint density at radius 2 is 1.64 bits per heavy atom. The second kappa shape index (κ2) is 12.3. The summed E-state index contributed by atoms with van der Waals surface area (Å²) in [5, 5.41) is 3.04.